The van der Waals surface area contributed by atoms with E-state index in [9.17, 15) is 4.79 Å². The van der Waals surface area contributed by atoms with Crippen molar-refractivity contribution in [3.05, 3.63) is 0 Å². The zero-order chi connectivity index (χ0) is 7.98. The lowest BCUT2D eigenvalue weighted by molar-refractivity contribution is -0.108. The molecule has 0 rings (SSSR count). The van der Waals surface area contributed by atoms with E-state index in [-0.39, 0.29) is 6.10 Å². The first-order chi connectivity index (χ1) is 4.66. The molecule has 0 aromatic heterocycles. The van der Waals surface area contributed by atoms with Crippen LogP contribution in [0.2, 0.25) is 0 Å². The summed E-state index contributed by atoms with van der Waals surface area (Å²) in [4.78, 5) is 10.2. The van der Waals surface area contributed by atoms with Gasteiger partial charge in [-0.15, -0.1) is 0 Å². The molecule has 0 aliphatic carbocycles. The number of alkyl halides is 1. The summed E-state index contributed by atoms with van der Waals surface area (Å²) in [5, 5.41) is 9.16. The van der Waals surface area contributed by atoms with E-state index in [4.69, 9.17) is 5.11 Å². The van der Waals surface area contributed by atoms with Gasteiger partial charge in [-0.2, -0.15) is 0 Å². The van der Waals surface area contributed by atoms with Crippen molar-refractivity contribution in [3.63, 3.8) is 0 Å². The number of rotatable bonds is 5. The molecule has 0 saturated heterocycles. The Morgan fingerprint density at radius 1 is 1.70 bits per heavy atom. The quantitative estimate of drug-likeness (QED) is 0.550. The number of halogens is 1. The highest BCUT2D eigenvalue weighted by molar-refractivity contribution is 9.09. The molecule has 2 nitrogen and oxygen atoms in total. The Morgan fingerprint density at radius 2 is 2.30 bits per heavy atom. The van der Waals surface area contributed by atoms with Crippen LogP contribution < -0.4 is 0 Å². The standard InChI is InChI=1S/C7H13BrO2/c1-6(8)5-7(10)3-2-4-9/h4,6-7,10H,2-3,5H2,1H3/t6-,7-/m0/s1. The number of hydrogen-bond donors (Lipinski definition) is 1. The van der Waals surface area contributed by atoms with Crippen LogP contribution in [0, 0.1) is 0 Å². The van der Waals surface area contributed by atoms with Crippen LogP contribution in [0.5, 0.6) is 0 Å². The van der Waals surface area contributed by atoms with E-state index in [1.165, 1.54) is 0 Å². The van der Waals surface area contributed by atoms with Crippen LogP contribution in [0.25, 0.3) is 0 Å². The molecule has 0 aromatic rings. The molecule has 2 atom stereocenters. The number of aliphatic hydroxyl groups excluding tert-OH is 1. The largest absolute Gasteiger partial charge is 0.393 e. The van der Waals surface area contributed by atoms with Crippen LogP contribution in [-0.2, 0) is 4.79 Å². The minimum Gasteiger partial charge on any atom is -0.393 e. The summed E-state index contributed by atoms with van der Waals surface area (Å²) < 4.78 is 0. The first-order valence-corrected chi connectivity index (χ1v) is 4.34. The molecule has 0 fully saturated rings. The lowest BCUT2D eigenvalue weighted by Gasteiger charge is -2.09. The molecule has 0 bridgehead atoms. The molecular formula is C7H13BrO2. The summed E-state index contributed by atoms with van der Waals surface area (Å²) in [5.74, 6) is 0. The van der Waals surface area contributed by atoms with Gasteiger partial charge in [-0.05, 0) is 12.8 Å². The Bertz CT molecular complexity index is 93.6. The molecule has 0 aromatic carbocycles. The van der Waals surface area contributed by atoms with E-state index in [0.29, 0.717) is 24.1 Å². The van der Waals surface area contributed by atoms with Crippen LogP contribution in [0.3, 0.4) is 0 Å². The lowest BCUT2D eigenvalue weighted by atomic mass is 10.1. The zero-order valence-corrected chi connectivity index (χ0v) is 7.67. The monoisotopic (exact) mass is 208 g/mol. The van der Waals surface area contributed by atoms with Crippen molar-refractivity contribution in [2.45, 2.75) is 37.1 Å². The van der Waals surface area contributed by atoms with Gasteiger partial charge in [0.15, 0.2) is 0 Å². The van der Waals surface area contributed by atoms with Crippen LogP contribution in [0.1, 0.15) is 26.2 Å². The molecule has 0 unspecified atom stereocenters. The van der Waals surface area contributed by atoms with E-state index in [2.05, 4.69) is 15.9 Å². The van der Waals surface area contributed by atoms with Crippen molar-refractivity contribution in [2.24, 2.45) is 0 Å². The molecule has 0 amide bonds. The topological polar surface area (TPSA) is 37.3 Å². The van der Waals surface area contributed by atoms with Gasteiger partial charge < -0.3 is 9.90 Å². The highest BCUT2D eigenvalue weighted by atomic mass is 79.9. The minimum absolute atomic E-state index is 0.328. The summed E-state index contributed by atoms with van der Waals surface area (Å²) in [6.45, 7) is 1.98. The Kier molecular flexibility index (Phi) is 5.93. The molecule has 60 valence electrons. The van der Waals surface area contributed by atoms with Gasteiger partial charge in [0.1, 0.15) is 6.29 Å². The van der Waals surface area contributed by atoms with Gasteiger partial charge in [-0.25, -0.2) is 0 Å². The van der Waals surface area contributed by atoms with Gasteiger partial charge in [0.25, 0.3) is 0 Å². The van der Waals surface area contributed by atoms with Crippen molar-refractivity contribution in [1.82, 2.24) is 0 Å². The summed E-state index contributed by atoms with van der Waals surface area (Å²) >= 11 is 3.32. The number of carbonyl (C=O) groups is 1. The maximum Gasteiger partial charge on any atom is 0.120 e. The second-order valence-electron chi connectivity index (χ2n) is 2.41. The van der Waals surface area contributed by atoms with Gasteiger partial charge in [0.05, 0.1) is 6.10 Å². The van der Waals surface area contributed by atoms with Gasteiger partial charge in [0.2, 0.25) is 0 Å². The third kappa shape index (κ3) is 6.23. The van der Waals surface area contributed by atoms with Crippen LogP contribution in [0.15, 0.2) is 0 Å². The fourth-order valence-corrected chi connectivity index (χ4v) is 1.18. The Balaban J connectivity index is 3.24. The number of hydrogen-bond acceptors (Lipinski definition) is 2. The van der Waals surface area contributed by atoms with Gasteiger partial charge in [-0.1, -0.05) is 22.9 Å². The molecule has 10 heavy (non-hydrogen) atoms. The van der Waals surface area contributed by atoms with E-state index in [0.717, 1.165) is 6.29 Å². The average Bonchev–Trinajstić information content (AvgIpc) is 1.82. The van der Waals surface area contributed by atoms with E-state index < -0.39 is 0 Å². The highest BCUT2D eigenvalue weighted by Gasteiger charge is 2.06. The molecule has 1 N–H and O–H groups in total. The predicted molar refractivity (Wildman–Crippen MR) is 44.3 cm³/mol. The molecule has 0 radical (unpaired) electrons. The highest BCUT2D eigenvalue weighted by Crippen LogP contribution is 2.09. The van der Waals surface area contributed by atoms with Crippen molar-refractivity contribution >= 4 is 22.2 Å². The van der Waals surface area contributed by atoms with E-state index >= 15 is 0 Å². The number of aliphatic hydroxyl groups is 1. The summed E-state index contributed by atoms with van der Waals surface area (Å²) in [6, 6.07) is 0. The second-order valence-corrected chi connectivity index (χ2v) is 3.98. The van der Waals surface area contributed by atoms with Gasteiger partial charge >= 0.3 is 0 Å². The molecular weight excluding hydrogens is 196 g/mol. The number of carbonyl (C=O) groups excluding carboxylic acids is 1. The molecule has 0 aliphatic heterocycles. The van der Waals surface area contributed by atoms with Crippen LogP contribution in [0.4, 0.5) is 0 Å². The van der Waals surface area contributed by atoms with Crippen molar-refractivity contribution in [3.8, 4) is 0 Å². The smallest absolute Gasteiger partial charge is 0.120 e. The van der Waals surface area contributed by atoms with E-state index in [1.54, 1.807) is 0 Å². The van der Waals surface area contributed by atoms with Crippen LogP contribution in [-0.4, -0.2) is 22.3 Å². The lowest BCUT2D eigenvalue weighted by Crippen LogP contribution is -2.11. The Hall–Kier alpha value is 0.110. The normalized spacial score (nSPS) is 16.3. The van der Waals surface area contributed by atoms with Crippen molar-refractivity contribution < 1.29 is 9.90 Å². The average molecular weight is 209 g/mol. The molecule has 0 aliphatic rings. The summed E-state index contributed by atoms with van der Waals surface area (Å²) in [7, 11) is 0. The fourth-order valence-electron chi connectivity index (χ4n) is 0.753. The fraction of sp³-hybridized carbons (Fsp3) is 0.857. The first kappa shape index (κ1) is 10.1. The second kappa shape index (κ2) is 5.86. The maximum absolute atomic E-state index is 9.87. The molecule has 0 saturated carbocycles. The predicted octanol–water partition coefficient (Wildman–Crippen LogP) is 1.50. The zero-order valence-electron chi connectivity index (χ0n) is 6.09. The minimum atomic E-state index is -0.334. The molecule has 0 heterocycles. The van der Waals surface area contributed by atoms with Gasteiger partial charge in [0, 0.05) is 11.2 Å². The van der Waals surface area contributed by atoms with Gasteiger partial charge in [-0.3, -0.25) is 0 Å². The third-order valence-electron chi connectivity index (χ3n) is 1.21. The maximum atomic E-state index is 9.87. The third-order valence-corrected chi connectivity index (χ3v) is 1.59. The Labute approximate surface area is 69.8 Å². The summed E-state index contributed by atoms with van der Waals surface area (Å²) in [5.41, 5.74) is 0. The van der Waals surface area contributed by atoms with Crippen LogP contribution >= 0.6 is 15.9 Å². The summed E-state index contributed by atoms with van der Waals surface area (Å²) in [6.07, 6.45) is 2.26. The van der Waals surface area contributed by atoms with Crippen molar-refractivity contribution in [2.75, 3.05) is 0 Å². The van der Waals surface area contributed by atoms with E-state index in [1.807, 2.05) is 6.92 Å². The Morgan fingerprint density at radius 3 is 2.70 bits per heavy atom. The molecule has 0 spiro atoms. The first-order valence-electron chi connectivity index (χ1n) is 3.42. The SMILES string of the molecule is C[C@H](Br)C[C@@H](O)CCC=O. The van der Waals surface area contributed by atoms with Crippen molar-refractivity contribution in [1.29, 1.82) is 0 Å². The number of aldehydes is 1. The molecule has 3 heteroatoms.